The van der Waals surface area contributed by atoms with Gasteiger partial charge in [-0.15, -0.1) is 0 Å². The lowest BCUT2D eigenvalue weighted by Crippen LogP contribution is -2.02. The summed E-state index contributed by atoms with van der Waals surface area (Å²) in [5.41, 5.74) is 2.46. The number of imidazole rings is 1. The van der Waals surface area contributed by atoms with Crippen molar-refractivity contribution in [2.75, 3.05) is 0 Å². The van der Waals surface area contributed by atoms with Crippen molar-refractivity contribution in [1.82, 2.24) is 29.7 Å². The van der Waals surface area contributed by atoms with Crippen LogP contribution in [0.25, 0.3) is 17.0 Å². The SMILES string of the molecule is Cc1ccnn1-c1ncnc2nc[nH]c12. The first kappa shape index (κ1) is 8.10. The number of hydrogen-bond acceptors (Lipinski definition) is 4. The first-order valence-corrected chi connectivity index (χ1v) is 4.51. The molecule has 0 aromatic carbocycles. The summed E-state index contributed by atoms with van der Waals surface area (Å²) in [7, 11) is 0. The Labute approximate surface area is 85.0 Å². The molecule has 0 aliphatic heterocycles. The lowest BCUT2D eigenvalue weighted by Gasteiger charge is -2.02. The minimum Gasteiger partial charge on any atom is -0.340 e. The Kier molecular flexibility index (Phi) is 1.55. The lowest BCUT2D eigenvalue weighted by molar-refractivity contribution is 0.819. The van der Waals surface area contributed by atoms with Crippen LogP contribution >= 0.6 is 0 Å². The minimum atomic E-state index is 0.648. The van der Waals surface area contributed by atoms with Gasteiger partial charge in [-0.25, -0.2) is 19.6 Å². The Balaban J connectivity index is 2.36. The highest BCUT2D eigenvalue weighted by molar-refractivity contribution is 5.77. The number of aromatic amines is 1. The third kappa shape index (κ3) is 1.11. The Morgan fingerprint density at radius 2 is 2.20 bits per heavy atom. The highest BCUT2D eigenvalue weighted by Crippen LogP contribution is 2.14. The van der Waals surface area contributed by atoms with E-state index in [4.69, 9.17) is 0 Å². The molecule has 0 unspecified atom stereocenters. The minimum absolute atomic E-state index is 0.648. The molecule has 3 heterocycles. The second kappa shape index (κ2) is 2.88. The molecule has 0 bridgehead atoms. The Morgan fingerprint density at radius 3 is 3.00 bits per heavy atom. The zero-order valence-corrected chi connectivity index (χ0v) is 8.05. The molecule has 3 rings (SSSR count). The number of aryl methyl sites for hydroxylation is 1. The number of rotatable bonds is 1. The van der Waals surface area contributed by atoms with Crippen molar-refractivity contribution in [2.24, 2.45) is 0 Å². The van der Waals surface area contributed by atoms with Crippen LogP contribution in [0.4, 0.5) is 0 Å². The van der Waals surface area contributed by atoms with E-state index in [0.29, 0.717) is 5.65 Å². The average Bonchev–Trinajstić information content (AvgIpc) is 2.85. The van der Waals surface area contributed by atoms with E-state index >= 15 is 0 Å². The van der Waals surface area contributed by atoms with Crippen molar-refractivity contribution in [2.45, 2.75) is 6.92 Å². The number of hydrogen-bond donors (Lipinski definition) is 1. The zero-order chi connectivity index (χ0) is 10.3. The topological polar surface area (TPSA) is 72.3 Å². The van der Waals surface area contributed by atoms with Gasteiger partial charge >= 0.3 is 0 Å². The van der Waals surface area contributed by atoms with Crippen LogP contribution in [0.1, 0.15) is 5.69 Å². The maximum atomic E-state index is 4.20. The van der Waals surface area contributed by atoms with Gasteiger partial charge in [-0.2, -0.15) is 5.10 Å². The second-order valence-corrected chi connectivity index (χ2v) is 3.18. The summed E-state index contributed by atoms with van der Waals surface area (Å²) in [6.45, 7) is 1.97. The normalized spacial score (nSPS) is 11.0. The number of fused-ring (bicyclic) bond motifs is 1. The van der Waals surface area contributed by atoms with Gasteiger partial charge in [-0.3, -0.25) is 0 Å². The van der Waals surface area contributed by atoms with E-state index in [0.717, 1.165) is 17.0 Å². The van der Waals surface area contributed by atoms with Crippen molar-refractivity contribution < 1.29 is 0 Å². The van der Waals surface area contributed by atoms with Crippen LogP contribution in [0.5, 0.6) is 0 Å². The number of nitrogens with zero attached hydrogens (tertiary/aromatic N) is 5. The van der Waals surface area contributed by atoms with E-state index in [1.54, 1.807) is 17.2 Å². The van der Waals surface area contributed by atoms with Crippen LogP contribution in [0.2, 0.25) is 0 Å². The molecule has 0 radical (unpaired) electrons. The van der Waals surface area contributed by atoms with Crippen molar-refractivity contribution in [3.8, 4) is 5.82 Å². The first-order valence-electron chi connectivity index (χ1n) is 4.51. The number of nitrogens with one attached hydrogen (secondary N) is 1. The van der Waals surface area contributed by atoms with Gasteiger partial charge in [-0.1, -0.05) is 0 Å². The Hall–Kier alpha value is -2.24. The molecule has 0 spiro atoms. The van der Waals surface area contributed by atoms with Crippen molar-refractivity contribution >= 4 is 11.2 Å². The lowest BCUT2D eigenvalue weighted by atomic mass is 10.4. The van der Waals surface area contributed by atoms with Crippen LogP contribution in [0, 0.1) is 6.92 Å². The van der Waals surface area contributed by atoms with Gasteiger partial charge in [0.1, 0.15) is 11.8 Å². The molecule has 3 aromatic heterocycles. The van der Waals surface area contributed by atoms with Crippen LogP contribution < -0.4 is 0 Å². The summed E-state index contributed by atoms with van der Waals surface area (Å²) < 4.78 is 1.75. The summed E-state index contributed by atoms with van der Waals surface area (Å²) in [5.74, 6) is 0.722. The summed E-state index contributed by atoms with van der Waals surface area (Å²) >= 11 is 0. The fourth-order valence-electron chi connectivity index (χ4n) is 1.50. The van der Waals surface area contributed by atoms with Crippen LogP contribution in [0.3, 0.4) is 0 Å². The monoisotopic (exact) mass is 200 g/mol. The van der Waals surface area contributed by atoms with Gasteiger partial charge in [0.05, 0.1) is 6.33 Å². The van der Waals surface area contributed by atoms with Gasteiger partial charge in [0.15, 0.2) is 11.5 Å². The third-order valence-electron chi connectivity index (χ3n) is 2.24. The van der Waals surface area contributed by atoms with E-state index in [1.165, 1.54) is 6.33 Å². The molecule has 3 aromatic rings. The fraction of sp³-hybridized carbons (Fsp3) is 0.111. The summed E-state index contributed by atoms with van der Waals surface area (Å²) in [5, 5.41) is 4.19. The molecule has 6 heteroatoms. The molecule has 0 atom stereocenters. The Morgan fingerprint density at radius 1 is 1.27 bits per heavy atom. The quantitative estimate of drug-likeness (QED) is 0.632. The predicted molar refractivity (Wildman–Crippen MR) is 53.5 cm³/mol. The van der Waals surface area contributed by atoms with E-state index < -0.39 is 0 Å². The maximum absolute atomic E-state index is 4.20. The Bertz CT molecular complexity index is 608. The summed E-state index contributed by atoms with van der Waals surface area (Å²) in [6.07, 6.45) is 4.82. The predicted octanol–water partition coefficient (Wildman–Crippen LogP) is 0.847. The largest absolute Gasteiger partial charge is 0.340 e. The fourth-order valence-corrected chi connectivity index (χ4v) is 1.50. The van der Waals surface area contributed by atoms with Crippen molar-refractivity contribution in [1.29, 1.82) is 0 Å². The molecular weight excluding hydrogens is 192 g/mol. The average molecular weight is 200 g/mol. The molecule has 0 aliphatic rings. The molecule has 0 fully saturated rings. The van der Waals surface area contributed by atoms with E-state index in [1.807, 2.05) is 13.0 Å². The van der Waals surface area contributed by atoms with Crippen LogP contribution in [-0.4, -0.2) is 29.7 Å². The maximum Gasteiger partial charge on any atom is 0.182 e. The van der Waals surface area contributed by atoms with Gasteiger partial charge < -0.3 is 4.98 Å². The van der Waals surface area contributed by atoms with Gasteiger partial charge in [0.2, 0.25) is 0 Å². The zero-order valence-electron chi connectivity index (χ0n) is 8.05. The third-order valence-corrected chi connectivity index (χ3v) is 2.24. The molecule has 0 amide bonds. The molecule has 6 nitrogen and oxygen atoms in total. The molecule has 0 saturated heterocycles. The van der Waals surface area contributed by atoms with E-state index in [2.05, 4.69) is 25.0 Å². The number of aromatic nitrogens is 6. The molecule has 15 heavy (non-hydrogen) atoms. The van der Waals surface area contributed by atoms with Crippen molar-refractivity contribution in [3.05, 3.63) is 30.6 Å². The summed E-state index contributed by atoms with van der Waals surface area (Å²) in [4.78, 5) is 15.3. The first-order chi connectivity index (χ1) is 7.36. The second-order valence-electron chi connectivity index (χ2n) is 3.18. The number of H-pyrrole nitrogens is 1. The van der Waals surface area contributed by atoms with Gasteiger partial charge in [0.25, 0.3) is 0 Å². The highest BCUT2D eigenvalue weighted by Gasteiger charge is 2.09. The standard InChI is InChI=1S/C9H8N6/c1-6-2-3-14-15(6)9-7-8(11-4-10-7)12-5-13-9/h2-5H,1H3,(H,10,11,12,13). The van der Waals surface area contributed by atoms with Crippen molar-refractivity contribution in [3.63, 3.8) is 0 Å². The van der Waals surface area contributed by atoms with E-state index in [9.17, 15) is 0 Å². The van der Waals surface area contributed by atoms with Crippen LogP contribution in [-0.2, 0) is 0 Å². The summed E-state index contributed by atoms with van der Waals surface area (Å²) in [6, 6.07) is 1.92. The smallest absolute Gasteiger partial charge is 0.182 e. The molecule has 1 N–H and O–H groups in total. The highest BCUT2D eigenvalue weighted by atomic mass is 15.3. The van der Waals surface area contributed by atoms with Crippen LogP contribution in [0.15, 0.2) is 24.9 Å². The van der Waals surface area contributed by atoms with Gasteiger partial charge in [0, 0.05) is 11.9 Å². The molecular formula is C9H8N6. The molecule has 0 aliphatic carbocycles. The molecule has 0 saturated carbocycles. The van der Waals surface area contributed by atoms with Gasteiger partial charge in [-0.05, 0) is 13.0 Å². The van der Waals surface area contributed by atoms with E-state index in [-0.39, 0.29) is 0 Å². The molecule has 74 valence electrons.